The van der Waals surface area contributed by atoms with Crippen molar-refractivity contribution >= 4 is 24.3 Å². The maximum absolute atomic E-state index is 12.0. The summed E-state index contributed by atoms with van der Waals surface area (Å²) in [5, 5.41) is 0. The van der Waals surface area contributed by atoms with E-state index in [1.807, 2.05) is 12.1 Å². The van der Waals surface area contributed by atoms with Gasteiger partial charge in [-0.15, -0.1) is 0 Å². The van der Waals surface area contributed by atoms with Gasteiger partial charge in [-0.3, -0.25) is 0 Å². The molecule has 0 amide bonds. The zero-order valence-corrected chi connectivity index (χ0v) is 15.7. The molecule has 0 unspecified atom stereocenters. The van der Waals surface area contributed by atoms with Crippen molar-refractivity contribution in [2.24, 2.45) is 11.8 Å². The Hall–Kier alpha value is -0.911. The molecule has 2 aliphatic heterocycles. The van der Waals surface area contributed by atoms with E-state index in [-0.39, 0.29) is 11.9 Å². The fraction of sp³-hybridized carbons (Fsp3) is 0.562. The molecule has 0 aromatic heterocycles. The van der Waals surface area contributed by atoms with Crippen LogP contribution in [0.1, 0.15) is 5.56 Å². The van der Waals surface area contributed by atoms with Gasteiger partial charge in [0, 0.05) is 0 Å². The Balaban J connectivity index is 1.72. The zero-order chi connectivity index (χ0) is 15.0. The molecule has 0 saturated carbocycles. The summed E-state index contributed by atoms with van der Waals surface area (Å²) in [5.74, 6) is 2.01. The van der Waals surface area contributed by atoms with E-state index in [4.69, 9.17) is 14.2 Å². The van der Waals surface area contributed by atoms with Crippen LogP contribution in [-0.4, -0.2) is 37.7 Å². The van der Waals surface area contributed by atoms with Crippen LogP contribution in [0, 0.1) is 11.8 Å². The van der Waals surface area contributed by atoms with Crippen molar-refractivity contribution in [2.45, 2.75) is 25.7 Å². The number of esters is 1. The summed E-state index contributed by atoms with van der Waals surface area (Å²) in [7, 11) is 0. The standard InChI is InChI=1S/C13H13O4.3CH3.Sn/c1-8-10(6-15-13(8)14)4-9-2-3-11-12(5-9)17-7-16-11;;;;/h2-3,5,8,10H,1,4,6-7H2;3*1H3;/t8-,10-;;;;/m0..../s1. The molecule has 5 heteroatoms. The van der Waals surface area contributed by atoms with Crippen LogP contribution in [-0.2, 0) is 16.0 Å². The average molecular weight is 397 g/mol. The minimum absolute atomic E-state index is 0.00682. The van der Waals surface area contributed by atoms with Crippen molar-refractivity contribution in [1.82, 2.24) is 0 Å². The molecule has 0 N–H and O–H groups in total. The van der Waals surface area contributed by atoms with Crippen molar-refractivity contribution in [2.75, 3.05) is 13.4 Å². The first-order valence-electron chi connectivity index (χ1n) is 7.47. The van der Waals surface area contributed by atoms with Crippen LogP contribution in [0.15, 0.2) is 18.2 Å². The Morgan fingerprint density at radius 2 is 1.90 bits per heavy atom. The molecule has 1 aromatic carbocycles. The second kappa shape index (κ2) is 5.70. The number of benzene rings is 1. The van der Waals surface area contributed by atoms with E-state index in [2.05, 4.69) is 20.9 Å². The average Bonchev–Trinajstić information content (AvgIpc) is 2.98. The molecule has 114 valence electrons. The Bertz CT molecular complexity index is 550. The molecule has 0 radical (unpaired) electrons. The van der Waals surface area contributed by atoms with Crippen LogP contribution in [0.5, 0.6) is 11.5 Å². The summed E-state index contributed by atoms with van der Waals surface area (Å²) >= 11 is -2.01. The molecule has 0 spiro atoms. The van der Waals surface area contributed by atoms with Crippen LogP contribution >= 0.6 is 0 Å². The molecule has 2 atom stereocenters. The van der Waals surface area contributed by atoms with Crippen molar-refractivity contribution in [3.63, 3.8) is 0 Å². The summed E-state index contributed by atoms with van der Waals surface area (Å²) < 4.78 is 17.2. The Morgan fingerprint density at radius 3 is 2.67 bits per heavy atom. The van der Waals surface area contributed by atoms with E-state index in [0.29, 0.717) is 19.3 Å². The number of ether oxygens (including phenoxy) is 3. The van der Waals surface area contributed by atoms with Crippen LogP contribution in [0.25, 0.3) is 0 Å². The van der Waals surface area contributed by atoms with Crippen LogP contribution in [0.3, 0.4) is 0 Å². The number of hydrogen-bond acceptors (Lipinski definition) is 4. The molecular formula is C16H22O4Sn. The fourth-order valence-electron chi connectivity index (χ4n) is 3.09. The third-order valence-corrected chi connectivity index (χ3v) is 8.83. The van der Waals surface area contributed by atoms with Gasteiger partial charge >= 0.3 is 130 Å². The second-order valence-electron chi connectivity index (χ2n) is 7.15. The molecule has 0 bridgehead atoms. The fourth-order valence-corrected chi connectivity index (χ4v) is 8.28. The summed E-state index contributed by atoms with van der Waals surface area (Å²) in [5.41, 5.74) is 1.19. The van der Waals surface area contributed by atoms with Gasteiger partial charge in [0.2, 0.25) is 0 Å². The molecule has 1 aromatic rings. The Labute approximate surface area is 129 Å². The van der Waals surface area contributed by atoms with Gasteiger partial charge in [-0.05, 0) is 0 Å². The molecule has 4 nitrogen and oxygen atoms in total. The van der Waals surface area contributed by atoms with Gasteiger partial charge in [-0.25, -0.2) is 0 Å². The topological polar surface area (TPSA) is 44.8 Å². The molecule has 1 fully saturated rings. The Morgan fingerprint density at radius 1 is 1.14 bits per heavy atom. The third kappa shape index (κ3) is 3.47. The molecule has 1 saturated heterocycles. The number of rotatable bonds is 4. The number of carbonyl (C=O) groups excluding carboxylic acids is 1. The Kier molecular flexibility index (Phi) is 4.08. The molecule has 2 aliphatic rings. The van der Waals surface area contributed by atoms with Crippen LogP contribution in [0.2, 0.25) is 19.3 Å². The van der Waals surface area contributed by atoms with E-state index >= 15 is 0 Å². The summed E-state index contributed by atoms with van der Waals surface area (Å²) in [6, 6.07) is 6.05. The first kappa shape index (κ1) is 15.0. The van der Waals surface area contributed by atoms with Gasteiger partial charge in [-0.2, -0.15) is 0 Å². The second-order valence-corrected chi connectivity index (χ2v) is 22.9. The van der Waals surface area contributed by atoms with Gasteiger partial charge < -0.3 is 0 Å². The van der Waals surface area contributed by atoms with Crippen molar-refractivity contribution in [3.05, 3.63) is 23.8 Å². The number of cyclic esters (lactones) is 1. The zero-order valence-electron chi connectivity index (χ0n) is 12.8. The maximum atomic E-state index is 12.0. The van der Waals surface area contributed by atoms with Gasteiger partial charge in [0.05, 0.1) is 0 Å². The van der Waals surface area contributed by atoms with E-state index in [9.17, 15) is 4.79 Å². The minimum atomic E-state index is -2.01. The number of hydrogen-bond donors (Lipinski definition) is 0. The summed E-state index contributed by atoms with van der Waals surface area (Å²) in [6.45, 7) is 0.852. The van der Waals surface area contributed by atoms with Gasteiger partial charge in [0.1, 0.15) is 0 Å². The van der Waals surface area contributed by atoms with E-state index in [1.165, 1.54) is 5.56 Å². The van der Waals surface area contributed by atoms with Gasteiger partial charge in [-0.1, -0.05) is 0 Å². The predicted molar refractivity (Wildman–Crippen MR) is 82.4 cm³/mol. The molecule has 3 rings (SSSR count). The number of fused-ring (bicyclic) bond motifs is 1. The van der Waals surface area contributed by atoms with Crippen molar-refractivity contribution < 1.29 is 19.0 Å². The molecule has 0 aliphatic carbocycles. The van der Waals surface area contributed by atoms with Crippen molar-refractivity contribution in [1.29, 1.82) is 0 Å². The predicted octanol–water partition coefficient (Wildman–Crippen LogP) is 3.09. The van der Waals surface area contributed by atoms with E-state index in [0.717, 1.165) is 22.4 Å². The number of carbonyl (C=O) groups is 1. The molecule has 2 heterocycles. The van der Waals surface area contributed by atoms with Crippen LogP contribution in [0.4, 0.5) is 0 Å². The first-order chi connectivity index (χ1) is 9.92. The summed E-state index contributed by atoms with van der Waals surface area (Å²) in [4.78, 5) is 19.1. The monoisotopic (exact) mass is 398 g/mol. The molecule has 21 heavy (non-hydrogen) atoms. The molecular weight excluding hydrogens is 375 g/mol. The van der Waals surface area contributed by atoms with Crippen LogP contribution < -0.4 is 9.47 Å². The quantitative estimate of drug-likeness (QED) is 0.579. The first-order valence-corrected chi connectivity index (χ1v) is 18.1. The summed E-state index contributed by atoms with van der Waals surface area (Å²) in [6.07, 6.45) is 0.870. The van der Waals surface area contributed by atoms with Gasteiger partial charge in [0.15, 0.2) is 0 Å². The third-order valence-electron chi connectivity index (χ3n) is 4.08. The van der Waals surface area contributed by atoms with Crippen molar-refractivity contribution in [3.8, 4) is 11.5 Å². The van der Waals surface area contributed by atoms with E-state index < -0.39 is 18.4 Å². The SMILES string of the molecule is [CH3][Sn]([CH3])([CH3])[CH2][C@@H]1C(=O)OC[C@@H]1Cc1ccc2c(c1)OCO2. The normalized spacial score (nSPS) is 24.2. The van der Waals surface area contributed by atoms with Gasteiger partial charge in [0.25, 0.3) is 0 Å². The van der Waals surface area contributed by atoms with E-state index in [1.54, 1.807) is 0 Å².